The highest BCUT2D eigenvalue weighted by atomic mass is 32.2. The Balaban J connectivity index is 1.84. The largest absolute Gasteiger partial charge is 0.368 e. The van der Waals surface area contributed by atoms with Crippen molar-refractivity contribution >= 4 is 33.0 Å². The van der Waals surface area contributed by atoms with Gasteiger partial charge in [0, 0.05) is 28.9 Å². The first kappa shape index (κ1) is 24.6. The second-order valence-corrected chi connectivity index (χ2v) is 11.2. The normalized spacial score (nSPS) is 12.1. The van der Waals surface area contributed by atoms with Gasteiger partial charge < -0.3 is 5.73 Å². The van der Waals surface area contributed by atoms with Crippen molar-refractivity contribution in [3.05, 3.63) is 71.3 Å². The van der Waals surface area contributed by atoms with Gasteiger partial charge in [-0.2, -0.15) is 0 Å². The minimum atomic E-state index is -4.77. The molecule has 0 aliphatic rings. The molecule has 4 rings (SSSR count). The van der Waals surface area contributed by atoms with E-state index >= 15 is 4.39 Å². The van der Waals surface area contributed by atoms with Gasteiger partial charge in [-0.05, 0) is 24.3 Å². The quantitative estimate of drug-likeness (QED) is 0.367. The average molecular weight is 520 g/mol. The molecule has 0 aliphatic carbocycles. The van der Waals surface area contributed by atoms with Crippen LogP contribution in [0.1, 0.15) is 25.8 Å². The minimum absolute atomic E-state index is 0.0159. The minimum Gasteiger partial charge on any atom is -0.368 e. The van der Waals surface area contributed by atoms with E-state index in [1.165, 1.54) is 35.9 Å². The molecule has 0 unspecified atom stereocenters. The zero-order valence-corrected chi connectivity index (χ0v) is 20.4. The third-order valence-corrected chi connectivity index (χ3v) is 7.83. The van der Waals surface area contributed by atoms with Gasteiger partial charge in [0.1, 0.15) is 11.6 Å². The SMILES string of the molecule is CC(C)(C)c1nc(-c2cccc(NS(=O)(=O)c3c(F)cccc3F)c2F)c(-c2cnc(N)nc2)s1. The molecule has 35 heavy (non-hydrogen) atoms. The number of nitrogen functional groups attached to an aromatic ring is 1. The molecule has 0 saturated heterocycles. The first-order valence-electron chi connectivity index (χ1n) is 10.2. The monoisotopic (exact) mass is 519 g/mol. The molecule has 0 bridgehead atoms. The summed E-state index contributed by atoms with van der Waals surface area (Å²) in [6.45, 7) is 5.84. The summed E-state index contributed by atoms with van der Waals surface area (Å²) in [6, 6.07) is 6.62. The van der Waals surface area contributed by atoms with Gasteiger partial charge in [0.2, 0.25) is 5.95 Å². The maximum Gasteiger partial charge on any atom is 0.267 e. The summed E-state index contributed by atoms with van der Waals surface area (Å²) in [4.78, 5) is 12.0. The lowest BCUT2D eigenvalue weighted by Crippen LogP contribution is -2.17. The molecule has 0 fully saturated rings. The maximum atomic E-state index is 15.7. The lowest BCUT2D eigenvalue weighted by molar-refractivity contribution is 0.521. The van der Waals surface area contributed by atoms with Crippen molar-refractivity contribution in [3.63, 3.8) is 0 Å². The van der Waals surface area contributed by atoms with E-state index in [4.69, 9.17) is 5.73 Å². The molecule has 2 heterocycles. The van der Waals surface area contributed by atoms with Crippen molar-refractivity contribution in [3.8, 4) is 21.7 Å². The van der Waals surface area contributed by atoms with Gasteiger partial charge in [-0.3, -0.25) is 4.72 Å². The second kappa shape index (κ2) is 8.93. The molecule has 0 aliphatic heterocycles. The lowest BCUT2D eigenvalue weighted by Gasteiger charge is -2.14. The Bertz CT molecular complexity index is 1500. The lowest BCUT2D eigenvalue weighted by atomic mass is 9.98. The molecule has 0 saturated carbocycles. The molecule has 0 amide bonds. The molecule has 2 aromatic heterocycles. The number of nitrogens with two attached hydrogens (primary N) is 1. The highest BCUT2D eigenvalue weighted by molar-refractivity contribution is 7.92. The van der Waals surface area contributed by atoms with E-state index in [1.54, 1.807) is 0 Å². The smallest absolute Gasteiger partial charge is 0.267 e. The first-order chi connectivity index (χ1) is 16.4. The molecule has 3 N–H and O–H groups in total. The van der Waals surface area contributed by atoms with Crippen LogP contribution < -0.4 is 10.5 Å². The highest BCUT2D eigenvalue weighted by Gasteiger charge is 2.28. The summed E-state index contributed by atoms with van der Waals surface area (Å²) in [5.74, 6) is -3.49. The number of nitrogens with one attached hydrogen (secondary N) is 1. The zero-order valence-electron chi connectivity index (χ0n) is 18.8. The van der Waals surface area contributed by atoms with Gasteiger partial charge in [0.25, 0.3) is 10.0 Å². The fourth-order valence-corrected chi connectivity index (χ4v) is 5.51. The third-order valence-electron chi connectivity index (χ3n) is 4.89. The predicted molar refractivity (Wildman–Crippen MR) is 129 cm³/mol. The Morgan fingerprint density at radius 3 is 2.17 bits per heavy atom. The molecule has 0 spiro atoms. The number of nitrogens with zero attached hydrogens (tertiary/aromatic N) is 3. The molecular formula is C23H20F3N5O2S2. The number of aromatic nitrogens is 3. The standard InChI is InChI=1S/C23H20F3N5O2S2/c1-23(2,3)21-30-18(19(34-21)12-10-28-22(27)29-11-12)13-6-4-9-16(17(13)26)31-35(32,33)20-14(24)7-5-8-15(20)25/h4-11,31H,1-3H3,(H2,27,28,29). The number of hydrogen-bond donors (Lipinski definition) is 2. The molecule has 7 nitrogen and oxygen atoms in total. The van der Waals surface area contributed by atoms with E-state index in [2.05, 4.69) is 15.0 Å². The van der Waals surface area contributed by atoms with Gasteiger partial charge in [-0.1, -0.05) is 32.9 Å². The van der Waals surface area contributed by atoms with E-state index < -0.39 is 38.1 Å². The van der Waals surface area contributed by atoms with Crippen molar-refractivity contribution in [2.24, 2.45) is 0 Å². The van der Waals surface area contributed by atoms with Crippen molar-refractivity contribution < 1.29 is 21.6 Å². The van der Waals surface area contributed by atoms with Crippen molar-refractivity contribution in [2.45, 2.75) is 31.1 Å². The Morgan fingerprint density at radius 1 is 0.971 bits per heavy atom. The molecule has 0 radical (unpaired) electrons. The Morgan fingerprint density at radius 2 is 1.57 bits per heavy atom. The Labute approximate surface area is 204 Å². The van der Waals surface area contributed by atoms with Crippen molar-refractivity contribution in [2.75, 3.05) is 10.5 Å². The molecule has 182 valence electrons. The summed E-state index contributed by atoms with van der Waals surface area (Å²) in [5.41, 5.74) is 5.49. The van der Waals surface area contributed by atoms with Crippen LogP contribution in [0.3, 0.4) is 0 Å². The van der Waals surface area contributed by atoms with Gasteiger partial charge in [-0.15, -0.1) is 11.3 Å². The van der Waals surface area contributed by atoms with E-state index in [-0.39, 0.29) is 22.6 Å². The van der Waals surface area contributed by atoms with Gasteiger partial charge in [0.15, 0.2) is 10.7 Å². The molecular weight excluding hydrogens is 499 g/mol. The van der Waals surface area contributed by atoms with Crippen molar-refractivity contribution in [1.29, 1.82) is 0 Å². The van der Waals surface area contributed by atoms with Crippen LogP contribution in [0.15, 0.2) is 53.7 Å². The van der Waals surface area contributed by atoms with E-state index in [9.17, 15) is 17.2 Å². The van der Waals surface area contributed by atoms with Crippen molar-refractivity contribution in [1.82, 2.24) is 15.0 Å². The maximum absolute atomic E-state index is 15.7. The number of sulfonamides is 1. The van der Waals surface area contributed by atoms with Crippen LogP contribution in [0.25, 0.3) is 21.7 Å². The zero-order chi connectivity index (χ0) is 25.5. The topological polar surface area (TPSA) is 111 Å². The number of halogens is 3. The van der Waals surface area contributed by atoms with Gasteiger partial charge in [0.05, 0.1) is 21.3 Å². The number of thiazole rings is 1. The summed E-state index contributed by atoms with van der Waals surface area (Å²) in [5, 5.41) is 0.693. The number of anilines is 2. The fraction of sp³-hybridized carbons (Fsp3) is 0.174. The Hall–Kier alpha value is -3.51. The van der Waals surface area contributed by atoms with Gasteiger partial charge in [-0.25, -0.2) is 36.5 Å². The number of rotatable bonds is 5. The van der Waals surface area contributed by atoms with Crippen LogP contribution in [-0.4, -0.2) is 23.4 Å². The Kier molecular flexibility index (Phi) is 6.28. The van der Waals surface area contributed by atoms with Crippen LogP contribution in [-0.2, 0) is 15.4 Å². The molecule has 0 atom stereocenters. The van der Waals surface area contributed by atoms with Crippen LogP contribution in [0.5, 0.6) is 0 Å². The summed E-state index contributed by atoms with van der Waals surface area (Å²) < 4.78 is 71.2. The second-order valence-electron chi connectivity index (χ2n) is 8.60. The van der Waals surface area contributed by atoms with Crippen LogP contribution >= 0.6 is 11.3 Å². The average Bonchev–Trinajstić information content (AvgIpc) is 3.21. The highest BCUT2D eigenvalue weighted by Crippen LogP contribution is 2.42. The molecule has 4 aromatic rings. The molecule has 2 aromatic carbocycles. The summed E-state index contributed by atoms with van der Waals surface area (Å²) >= 11 is 1.31. The first-order valence-corrected chi connectivity index (χ1v) is 12.5. The summed E-state index contributed by atoms with van der Waals surface area (Å²) in [6.07, 6.45) is 2.97. The van der Waals surface area contributed by atoms with E-state index in [1.807, 2.05) is 25.5 Å². The van der Waals surface area contributed by atoms with E-state index in [0.29, 0.717) is 15.4 Å². The van der Waals surface area contributed by atoms with Crippen LogP contribution in [0, 0.1) is 17.5 Å². The van der Waals surface area contributed by atoms with Crippen LogP contribution in [0.4, 0.5) is 24.8 Å². The third kappa shape index (κ3) is 4.84. The fourth-order valence-electron chi connectivity index (χ4n) is 3.20. The number of hydrogen-bond acceptors (Lipinski definition) is 7. The number of benzene rings is 2. The van der Waals surface area contributed by atoms with Gasteiger partial charge >= 0.3 is 0 Å². The summed E-state index contributed by atoms with van der Waals surface area (Å²) in [7, 11) is -4.77. The predicted octanol–water partition coefficient (Wildman–Crippen LogP) is 5.36. The van der Waals surface area contributed by atoms with Crippen LogP contribution in [0.2, 0.25) is 0 Å². The molecule has 12 heteroatoms. The van der Waals surface area contributed by atoms with E-state index in [0.717, 1.165) is 24.3 Å².